The first kappa shape index (κ1) is 15.6. The highest BCUT2D eigenvalue weighted by atomic mass is 16.6. The molecule has 2 saturated heterocycles. The van der Waals surface area contributed by atoms with E-state index in [9.17, 15) is 9.90 Å². The van der Waals surface area contributed by atoms with Gasteiger partial charge < -0.3 is 14.7 Å². The summed E-state index contributed by atoms with van der Waals surface area (Å²) >= 11 is 0. The van der Waals surface area contributed by atoms with Gasteiger partial charge in [-0.05, 0) is 52.4 Å². The molecule has 116 valence electrons. The predicted octanol–water partition coefficient (Wildman–Crippen LogP) is 3.18. The van der Waals surface area contributed by atoms with E-state index in [-0.39, 0.29) is 30.2 Å². The summed E-state index contributed by atoms with van der Waals surface area (Å²) in [6, 6.07) is 0.314. The van der Waals surface area contributed by atoms with Crippen molar-refractivity contribution in [3.8, 4) is 0 Å². The normalized spacial score (nSPS) is 33.6. The van der Waals surface area contributed by atoms with Crippen molar-refractivity contribution >= 4 is 6.09 Å². The molecule has 4 heteroatoms. The van der Waals surface area contributed by atoms with Gasteiger partial charge in [0.2, 0.25) is 0 Å². The van der Waals surface area contributed by atoms with Crippen LogP contribution in [0.15, 0.2) is 0 Å². The lowest BCUT2D eigenvalue weighted by Crippen LogP contribution is -2.54. The molecule has 4 unspecified atom stereocenters. The number of rotatable bonds is 2. The van der Waals surface area contributed by atoms with Crippen molar-refractivity contribution in [2.75, 3.05) is 0 Å². The first-order chi connectivity index (χ1) is 9.19. The quantitative estimate of drug-likeness (QED) is 0.846. The predicted molar refractivity (Wildman–Crippen MR) is 78.5 cm³/mol. The molecule has 0 saturated carbocycles. The Kier molecular flexibility index (Phi) is 4.33. The number of fused-ring (bicyclic) bond motifs is 2. The maximum atomic E-state index is 12.4. The zero-order valence-corrected chi connectivity index (χ0v) is 13.4. The molecule has 0 aromatic rings. The van der Waals surface area contributed by atoms with Gasteiger partial charge in [0.1, 0.15) is 5.60 Å². The number of amides is 1. The Morgan fingerprint density at radius 2 is 2.00 bits per heavy atom. The van der Waals surface area contributed by atoms with Crippen LogP contribution in [0.25, 0.3) is 0 Å². The van der Waals surface area contributed by atoms with Crippen LogP contribution < -0.4 is 0 Å². The summed E-state index contributed by atoms with van der Waals surface area (Å²) in [4.78, 5) is 14.4. The Bertz CT molecular complexity index is 361. The molecule has 20 heavy (non-hydrogen) atoms. The van der Waals surface area contributed by atoms with E-state index in [1.807, 2.05) is 25.7 Å². The molecule has 2 bridgehead atoms. The number of ether oxygens (including phenoxy) is 1. The number of carbonyl (C=O) groups excluding carboxylic acids is 1. The van der Waals surface area contributed by atoms with Gasteiger partial charge in [-0.15, -0.1) is 0 Å². The Morgan fingerprint density at radius 1 is 1.35 bits per heavy atom. The molecule has 1 N–H and O–H groups in total. The Balaban J connectivity index is 2.12. The monoisotopic (exact) mass is 283 g/mol. The topological polar surface area (TPSA) is 49.8 Å². The molecule has 0 radical (unpaired) electrons. The van der Waals surface area contributed by atoms with Crippen molar-refractivity contribution in [3.05, 3.63) is 0 Å². The van der Waals surface area contributed by atoms with Gasteiger partial charge in [-0.2, -0.15) is 0 Å². The summed E-state index contributed by atoms with van der Waals surface area (Å²) in [6.45, 7) is 10.0. The van der Waals surface area contributed by atoms with Crippen molar-refractivity contribution in [2.24, 2.45) is 11.8 Å². The van der Waals surface area contributed by atoms with Gasteiger partial charge in [0.05, 0.1) is 6.10 Å². The minimum absolute atomic E-state index is 0.154. The second-order valence-corrected chi connectivity index (χ2v) is 7.78. The highest BCUT2D eigenvalue weighted by Gasteiger charge is 2.49. The van der Waals surface area contributed by atoms with E-state index in [0.717, 1.165) is 19.3 Å². The van der Waals surface area contributed by atoms with Crippen LogP contribution >= 0.6 is 0 Å². The summed E-state index contributed by atoms with van der Waals surface area (Å²) in [5.74, 6) is 0.730. The molecule has 4 atom stereocenters. The van der Waals surface area contributed by atoms with Gasteiger partial charge in [-0.3, -0.25) is 0 Å². The van der Waals surface area contributed by atoms with Crippen LogP contribution in [0.4, 0.5) is 4.79 Å². The van der Waals surface area contributed by atoms with Gasteiger partial charge in [0.25, 0.3) is 0 Å². The lowest BCUT2D eigenvalue weighted by molar-refractivity contribution is -0.0424. The first-order valence-electron chi connectivity index (χ1n) is 7.88. The number of hydrogen-bond donors (Lipinski definition) is 1. The van der Waals surface area contributed by atoms with E-state index in [4.69, 9.17) is 4.74 Å². The summed E-state index contributed by atoms with van der Waals surface area (Å²) in [5, 5.41) is 10.4. The summed E-state index contributed by atoms with van der Waals surface area (Å²) in [5.41, 5.74) is -0.458. The molecule has 2 aliphatic heterocycles. The molecule has 0 aromatic carbocycles. The van der Waals surface area contributed by atoms with E-state index >= 15 is 0 Å². The van der Waals surface area contributed by atoms with Crippen LogP contribution in [-0.2, 0) is 4.74 Å². The van der Waals surface area contributed by atoms with Crippen molar-refractivity contribution < 1.29 is 14.6 Å². The molecule has 4 nitrogen and oxygen atoms in total. The molecule has 2 fully saturated rings. The zero-order chi connectivity index (χ0) is 15.1. The van der Waals surface area contributed by atoms with Crippen molar-refractivity contribution in [1.29, 1.82) is 0 Å². The molecule has 2 aliphatic rings. The van der Waals surface area contributed by atoms with E-state index in [0.29, 0.717) is 12.3 Å². The van der Waals surface area contributed by atoms with E-state index < -0.39 is 5.60 Å². The summed E-state index contributed by atoms with van der Waals surface area (Å²) in [6.07, 6.45) is 3.19. The highest BCUT2D eigenvalue weighted by molar-refractivity contribution is 5.69. The van der Waals surface area contributed by atoms with Crippen LogP contribution in [0.5, 0.6) is 0 Å². The molecular weight excluding hydrogens is 254 g/mol. The zero-order valence-electron chi connectivity index (χ0n) is 13.4. The number of aliphatic hydroxyl groups excluding tert-OH is 1. The van der Waals surface area contributed by atoms with Gasteiger partial charge >= 0.3 is 6.09 Å². The number of carbonyl (C=O) groups is 1. The number of hydrogen-bond acceptors (Lipinski definition) is 3. The molecule has 0 spiro atoms. The number of aliphatic hydroxyl groups is 1. The molecule has 0 aromatic heterocycles. The third-order valence-corrected chi connectivity index (χ3v) is 4.40. The van der Waals surface area contributed by atoms with E-state index in [1.54, 1.807) is 0 Å². The maximum Gasteiger partial charge on any atom is 0.410 e. The van der Waals surface area contributed by atoms with Gasteiger partial charge in [0.15, 0.2) is 0 Å². The molecule has 2 heterocycles. The minimum Gasteiger partial charge on any atom is -0.444 e. The standard InChI is InChI=1S/C16H29NO3/c1-10(2)8-12-13-7-6-11(9-14(12)18)17(13)15(19)20-16(3,4)5/h10-14,18H,6-9H2,1-5H3. The summed E-state index contributed by atoms with van der Waals surface area (Å²) in [7, 11) is 0. The minimum atomic E-state index is -0.458. The van der Waals surface area contributed by atoms with Crippen molar-refractivity contribution in [2.45, 2.75) is 84.1 Å². The third kappa shape index (κ3) is 3.27. The molecular formula is C16H29NO3. The third-order valence-electron chi connectivity index (χ3n) is 4.40. The van der Waals surface area contributed by atoms with Crippen LogP contribution in [0, 0.1) is 11.8 Å². The molecule has 2 rings (SSSR count). The van der Waals surface area contributed by atoms with Crippen LogP contribution in [-0.4, -0.2) is 39.9 Å². The lowest BCUT2D eigenvalue weighted by Gasteiger charge is -2.43. The van der Waals surface area contributed by atoms with Crippen LogP contribution in [0.3, 0.4) is 0 Å². The average Bonchev–Trinajstić information content (AvgIpc) is 2.59. The largest absolute Gasteiger partial charge is 0.444 e. The first-order valence-corrected chi connectivity index (χ1v) is 7.88. The Labute approximate surface area is 122 Å². The van der Waals surface area contributed by atoms with Crippen molar-refractivity contribution in [1.82, 2.24) is 4.90 Å². The Hall–Kier alpha value is -0.770. The molecule has 1 amide bonds. The summed E-state index contributed by atoms with van der Waals surface area (Å²) < 4.78 is 5.55. The molecule has 0 aliphatic carbocycles. The number of piperidine rings is 1. The smallest absolute Gasteiger partial charge is 0.410 e. The van der Waals surface area contributed by atoms with Gasteiger partial charge in [0, 0.05) is 18.0 Å². The average molecular weight is 283 g/mol. The second kappa shape index (κ2) is 5.55. The fraction of sp³-hybridized carbons (Fsp3) is 0.938. The Morgan fingerprint density at radius 3 is 2.55 bits per heavy atom. The van der Waals surface area contributed by atoms with Gasteiger partial charge in [-0.25, -0.2) is 4.79 Å². The second-order valence-electron chi connectivity index (χ2n) is 7.78. The lowest BCUT2D eigenvalue weighted by atomic mass is 9.82. The fourth-order valence-corrected chi connectivity index (χ4v) is 3.73. The highest BCUT2D eigenvalue weighted by Crippen LogP contribution is 2.42. The SMILES string of the molecule is CC(C)CC1C(O)CC2CCC1N2C(=O)OC(C)(C)C. The number of nitrogens with zero attached hydrogens (tertiary/aromatic N) is 1. The maximum absolute atomic E-state index is 12.4. The van der Waals surface area contributed by atoms with E-state index in [1.165, 1.54) is 0 Å². The van der Waals surface area contributed by atoms with Crippen molar-refractivity contribution in [3.63, 3.8) is 0 Å². The fourth-order valence-electron chi connectivity index (χ4n) is 3.73. The van der Waals surface area contributed by atoms with Gasteiger partial charge in [-0.1, -0.05) is 13.8 Å². The van der Waals surface area contributed by atoms with E-state index in [2.05, 4.69) is 13.8 Å². The van der Waals surface area contributed by atoms with Crippen LogP contribution in [0.1, 0.15) is 60.3 Å². The van der Waals surface area contributed by atoms with Crippen LogP contribution in [0.2, 0.25) is 0 Å².